The van der Waals surface area contributed by atoms with E-state index in [4.69, 9.17) is 32.7 Å². The molecule has 9 heteroatoms. The van der Waals surface area contributed by atoms with Gasteiger partial charge in [-0.25, -0.2) is 5.43 Å². The maximum atomic E-state index is 12.8. The second-order valence-electron chi connectivity index (χ2n) is 7.90. The van der Waals surface area contributed by atoms with Crippen molar-refractivity contribution in [1.29, 1.82) is 0 Å². The Hall–Kier alpha value is -3.03. The largest absolute Gasteiger partial charge is 0.489 e. The average Bonchev–Trinajstić information content (AvgIpc) is 2.79. The molecule has 0 spiro atoms. The molecule has 0 heterocycles. The van der Waals surface area contributed by atoms with E-state index in [1.807, 2.05) is 32.0 Å². The molecule has 2 aromatic carbocycles. The topological polar surface area (TPSA) is 89.0 Å². The molecule has 0 saturated heterocycles. The van der Waals surface area contributed by atoms with Crippen molar-refractivity contribution in [2.75, 3.05) is 6.61 Å². The van der Waals surface area contributed by atoms with Gasteiger partial charge in [0.25, 0.3) is 11.8 Å². The predicted molar refractivity (Wildman–Crippen MR) is 136 cm³/mol. The number of benzene rings is 2. The highest BCUT2D eigenvalue weighted by Crippen LogP contribution is 2.28. The van der Waals surface area contributed by atoms with E-state index in [2.05, 4.69) is 22.4 Å². The molecule has 2 rings (SSSR count). The summed E-state index contributed by atoms with van der Waals surface area (Å²) in [5.74, 6) is 0.174. The maximum absolute atomic E-state index is 12.8. The molecule has 0 saturated carbocycles. The van der Waals surface area contributed by atoms with Crippen LogP contribution >= 0.6 is 23.2 Å². The van der Waals surface area contributed by atoms with Crippen LogP contribution in [0.4, 0.5) is 0 Å². The Balaban J connectivity index is 2.02. The SMILES string of the molecule is C=CCOc1ccccc1/C=N\NC(=O)[C@H](CC(C)C)NC(=O)[C@@H](C)Oc1ccc(Cl)cc1Cl. The molecule has 0 fully saturated rings. The van der Waals surface area contributed by atoms with Crippen LogP contribution < -0.4 is 20.2 Å². The summed E-state index contributed by atoms with van der Waals surface area (Å²) in [6.45, 7) is 9.46. The van der Waals surface area contributed by atoms with Crippen molar-refractivity contribution in [2.45, 2.75) is 39.3 Å². The van der Waals surface area contributed by atoms with Gasteiger partial charge in [0.1, 0.15) is 24.1 Å². The molecule has 0 aliphatic rings. The van der Waals surface area contributed by atoms with Crippen LogP contribution in [-0.4, -0.2) is 36.8 Å². The number of hydrogen-bond acceptors (Lipinski definition) is 5. The van der Waals surface area contributed by atoms with Crippen LogP contribution in [0.3, 0.4) is 0 Å². The molecule has 0 unspecified atom stereocenters. The fourth-order valence-electron chi connectivity index (χ4n) is 2.92. The van der Waals surface area contributed by atoms with Gasteiger partial charge in [0, 0.05) is 10.6 Å². The highest BCUT2D eigenvalue weighted by molar-refractivity contribution is 6.35. The molecule has 2 amide bonds. The third kappa shape index (κ3) is 8.72. The van der Waals surface area contributed by atoms with E-state index in [1.54, 1.807) is 31.2 Å². The molecule has 0 bridgehead atoms. The standard InChI is InChI=1S/C25H29Cl2N3O4/c1-5-12-33-22-9-7-6-8-18(22)15-28-30-25(32)21(13-16(2)3)29-24(31)17(4)34-23-11-10-19(26)14-20(23)27/h5-11,14-17,21H,1,12-13H2,2-4H3,(H,29,31)(H,30,32)/b28-15-/t17-,21+/m1/s1. The highest BCUT2D eigenvalue weighted by Gasteiger charge is 2.25. The second kappa shape index (κ2) is 13.6. The van der Waals surface area contributed by atoms with Gasteiger partial charge < -0.3 is 14.8 Å². The Morgan fingerprint density at radius 3 is 2.50 bits per heavy atom. The van der Waals surface area contributed by atoms with Crippen LogP contribution in [0, 0.1) is 5.92 Å². The number of carbonyl (C=O) groups excluding carboxylic acids is 2. The van der Waals surface area contributed by atoms with Gasteiger partial charge in [-0.15, -0.1) is 0 Å². The van der Waals surface area contributed by atoms with Gasteiger partial charge in [-0.05, 0) is 49.6 Å². The molecular weight excluding hydrogens is 477 g/mol. The third-order valence-electron chi connectivity index (χ3n) is 4.56. The Bertz CT molecular complexity index is 1030. The van der Waals surface area contributed by atoms with Crippen molar-refractivity contribution < 1.29 is 19.1 Å². The molecule has 0 aromatic heterocycles. The van der Waals surface area contributed by atoms with Crippen LogP contribution in [0.2, 0.25) is 10.0 Å². The fourth-order valence-corrected chi connectivity index (χ4v) is 3.37. The predicted octanol–water partition coefficient (Wildman–Crippen LogP) is 5.01. The zero-order valence-corrected chi connectivity index (χ0v) is 20.9. The number of hydrogen-bond donors (Lipinski definition) is 2. The average molecular weight is 506 g/mol. The maximum Gasteiger partial charge on any atom is 0.262 e. The van der Waals surface area contributed by atoms with Crippen molar-refractivity contribution in [2.24, 2.45) is 11.0 Å². The molecule has 0 radical (unpaired) electrons. The summed E-state index contributed by atoms with van der Waals surface area (Å²) in [4.78, 5) is 25.5. The van der Waals surface area contributed by atoms with Crippen molar-refractivity contribution >= 4 is 41.2 Å². The van der Waals surface area contributed by atoms with Crippen molar-refractivity contribution in [3.05, 3.63) is 70.7 Å². The molecule has 2 aromatic rings. The Labute approximate surface area is 210 Å². The smallest absolute Gasteiger partial charge is 0.262 e. The first-order valence-corrected chi connectivity index (χ1v) is 11.5. The van der Waals surface area contributed by atoms with Gasteiger partial charge in [-0.2, -0.15) is 5.10 Å². The molecule has 182 valence electrons. The molecule has 2 atom stereocenters. The molecule has 7 nitrogen and oxygen atoms in total. The van der Waals surface area contributed by atoms with Gasteiger partial charge in [0.05, 0.1) is 11.2 Å². The highest BCUT2D eigenvalue weighted by atomic mass is 35.5. The number of hydrazone groups is 1. The summed E-state index contributed by atoms with van der Waals surface area (Å²) < 4.78 is 11.2. The van der Waals surface area contributed by atoms with Gasteiger partial charge >= 0.3 is 0 Å². The molecule has 2 N–H and O–H groups in total. The molecule has 34 heavy (non-hydrogen) atoms. The quantitative estimate of drug-likeness (QED) is 0.241. The lowest BCUT2D eigenvalue weighted by molar-refractivity contribution is -0.132. The van der Waals surface area contributed by atoms with Crippen molar-refractivity contribution in [3.8, 4) is 11.5 Å². The van der Waals surface area contributed by atoms with Crippen molar-refractivity contribution in [1.82, 2.24) is 10.7 Å². The number of carbonyl (C=O) groups is 2. The van der Waals surface area contributed by atoms with Crippen LogP contribution in [0.1, 0.15) is 32.8 Å². The molecular formula is C25H29Cl2N3O4. The summed E-state index contributed by atoms with van der Waals surface area (Å²) in [6.07, 6.45) is 2.65. The van der Waals surface area contributed by atoms with Gasteiger partial charge in [0.15, 0.2) is 6.10 Å². The summed E-state index contributed by atoms with van der Waals surface area (Å²) in [5.41, 5.74) is 3.18. The summed E-state index contributed by atoms with van der Waals surface area (Å²) in [5, 5.41) is 7.51. The van der Waals surface area contributed by atoms with E-state index in [1.165, 1.54) is 12.3 Å². The number of nitrogens with zero attached hydrogens (tertiary/aromatic N) is 1. The van der Waals surface area contributed by atoms with Crippen LogP contribution in [0.5, 0.6) is 11.5 Å². The van der Waals surface area contributed by atoms with E-state index in [0.717, 1.165) is 0 Å². The lowest BCUT2D eigenvalue weighted by Gasteiger charge is -2.22. The Morgan fingerprint density at radius 1 is 1.09 bits per heavy atom. The number of nitrogens with one attached hydrogen (secondary N) is 2. The molecule has 0 aliphatic carbocycles. The van der Waals surface area contributed by atoms with Crippen LogP contribution in [0.25, 0.3) is 0 Å². The first-order valence-electron chi connectivity index (χ1n) is 10.8. The number of ether oxygens (including phenoxy) is 2. The zero-order chi connectivity index (χ0) is 25.1. The number of halogens is 2. The van der Waals surface area contributed by atoms with Crippen LogP contribution in [0.15, 0.2) is 60.2 Å². The van der Waals surface area contributed by atoms with E-state index >= 15 is 0 Å². The Kier molecular flexibility index (Phi) is 10.9. The second-order valence-corrected chi connectivity index (χ2v) is 8.74. The van der Waals surface area contributed by atoms with Gasteiger partial charge in [-0.3, -0.25) is 9.59 Å². The fraction of sp³-hybridized carbons (Fsp3) is 0.320. The van der Waals surface area contributed by atoms with Crippen molar-refractivity contribution in [3.63, 3.8) is 0 Å². The summed E-state index contributed by atoms with van der Waals surface area (Å²) in [6, 6.07) is 11.2. The minimum Gasteiger partial charge on any atom is -0.489 e. The normalized spacial score (nSPS) is 12.8. The number of para-hydroxylation sites is 1. The van der Waals surface area contributed by atoms with Crippen LogP contribution in [-0.2, 0) is 9.59 Å². The minimum atomic E-state index is -0.890. The third-order valence-corrected chi connectivity index (χ3v) is 5.09. The lowest BCUT2D eigenvalue weighted by atomic mass is 10.0. The summed E-state index contributed by atoms with van der Waals surface area (Å²) >= 11 is 12.0. The number of amides is 2. The number of rotatable bonds is 12. The minimum absolute atomic E-state index is 0.148. The van der Waals surface area contributed by atoms with Gasteiger partial charge in [-0.1, -0.05) is 61.8 Å². The first kappa shape index (κ1) is 27.2. The van der Waals surface area contributed by atoms with E-state index < -0.39 is 24.0 Å². The van der Waals surface area contributed by atoms with E-state index in [-0.39, 0.29) is 10.9 Å². The molecule has 0 aliphatic heterocycles. The lowest BCUT2D eigenvalue weighted by Crippen LogP contribution is -2.49. The van der Waals surface area contributed by atoms with E-state index in [9.17, 15) is 9.59 Å². The Morgan fingerprint density at radius 2 is 1.82 bits per heavy atom. The monoisotopic (exact) mass is 505 g/mol. The first-order chi connectivity index (χ1) is 16.2. The zero-order valence-electron chi connectivity index (χ0n) is 19.4. The van der Waals surface area contributed by atoms with E-state index in [0.29, 0.717) is 35.1 Å². The summed E-state index contributed by atoms with van der Waals surface area (Å²) in [7, 11) is 0. The van der Waals surface area contributed by atoms with Gasteiger partial charge in [0.2, 0.25) is 0 Å².